The Bertz CT molecular complexity index is 717. The van der Waals surface area contributed by atoms with Gasteiger partial charge in [-0.1, -0.05) is 29.3 Å². The number of nitrogens with one attached hydrogen (secondary N) is 1. The molecule has 0 atom stereocenters. The lowest BCUT2D eigenvalue weighted by Gasteiger charge is -2.04. The summed E-state index contributed by atoms with van der Waals surface area (Å²) in [6.45, 7) is 1.85. The maximum Gasteiger partial charge on any atom is 0.249 e. The maximum absolute atomic E-state index is 11.8. The minimum Gasteiger partial charge on any atom is -0.307 e. The lowest BCUT2D eigenvalue weighted by Crippen LogP contribution is -2.09. The third-order valence-electron chi connectivity index (χ3n) is 2.65. The number of aryl methyl sites for hydroxylation is 1. The normalized spacial score (nSPS) is 10.9. The first kappa shape index (κ1) is 16.0. The Kier molecular flexibility index (Phi) is 5.39. The zero-order valence-corrected chi connectivity index (χ0v) is 14.1. The lowest BCUT2D eigenvalue weighted by atomic mass is 10.2. The van der Waals surface area contributed by atoms with Crippen LogP contribution in [-0.2, 0) is 4.79 Å². The summed E-state index contributed by atoms with van der Waals surface area (Å²) in [5.41, 5.74) is 1.52. The van der Waals surface area contributed by atoms with Crippen molar-refractivity contribution in [2.45, 2.75) is 6.92 Å². The van der Waals surface area contributed by atoms with Gasteiger partial charge in [0, 0.05) is 20.6 Å². The Morgan fingerprint density at radius 1 is 1.29 bits per heavy atom. The van der Waals surface area contributed by atoms with Gasteiger partial charge < -0.3 is 5.32 Å². The largest absolute Gasteiger partial charge is 0.307 e. The van der Waals surface area contributed by atoms with E-state index in [2.05, 4.69) is 26.2 Å². The summed E-state index contributed by atoms with van der Waals surface area (Å²) < 4.78 is 0.893. The molecule has 0 saturated carbocycles. The molecule has 1 N–H and O–H groups in total. The van der Waals surface area contributed by atoms with Crippen LogP contribution in [0.3, 0.4) is 0 Å². The molecule has 1 amide bonds. The molecule has 0 aliphatic heterocycles. The van der Waals surface area contributed by atoms with E-state index in [4.69, 9.17) is 23.2 Å². The SMILES string of the molecule is Cc1nc(NC(=O)/C=C/c2ccc(Cl)cc2Cl)ccc1Br. The topological polar surface area (TPSA) is 42.0 Å². The van der Waals surface area contributed by atoms with Gasteiger partial charge in [-0.25, -0.2) is 4.98 Å². The minimum absolute atomic E-state index is 0.282. The summed E-state index contributed by atoms with van der Waals surface area (Å²) in [5.74, 6) is 0.211. The molecule has 0 saturated heterocycles. The molecule has 108 valence electrons. The van der Waals surface area contributed by atoms with E-state index in [9.17, 15) is 4.79 Å². The summed E-state index contributed by atoms with van der Waals surface area (Å²) in [6.07, 6.45) is 3.02. The van der Waals surface area contributed by atoms with E-state index < -0.39 is 0 Å². The zero-order chi connectivity index (χ0) is 15.4. The van der Waals surface area contributed by atoms with Gasteiger partial charge in [-0.3, -0.25) is 4.79 Å². The van der Waals surface area contributed by atoms with Crippen LogP contribution in [0.1, 0.15) is 11.3 Å². The van der Waals surface area contributed by atoms with Crippen molar-refractivity contribution in [3.05, 3.63) is 62.2 Å². The van der Waals surface area contributed by atoms with E-state index in [-0.39, 0.29) is 5.91 Å². The van der Waals surface area contributed by atoms with Gasteiger partial charge in [0.15, 0.2) is 0 Å². The first-order valence-corrected chi connectivity index (χ1v) is 7.58. The second-order valence-electron chi connectivity index (χ2n) is 4.25. The molecule has 0 aliphatic rings. The van der Waals surface area contributed by atoms with Crippen LogP contribution in [0.15, 0.2) is 40.9 Å². The van der Waals surface area contributed by atoms with Gasteiger partial charge in [0.25, 0.3) is 0 Å². The number of hydrogen-bond donors (Lipinski definition) is 1. The summed E-state index contributed by atoms with van der Waals surface area (Å²) in [7, 11) is 0. The van der Waals surface area contributed by atoms with Crippen LogP contribution in [0, 0.1) is 6.92 Å². The fourth-order valence-electron chi connectivity index (χ4n) is 1.58. The van der Waals surface area contributed by atoms with E-state index in [1.54, 1.807) is 30.3 Å². The lowest BCUT2D eigenvalue weighted by molar-refractivity contribution is -0.111. The minimum atomic E-state index is -0.282. The van der Waals surface area contributed by atoms with Crippen molar-refractivity contribution < 1.29 is 4.79 Å². The van der Waals surface area contributed by atoms with Crippen LogP contribution in [0.25, 0.3) is 6.08 Å². The molecule has 3 nitrogen and oxygen atoms in total. The van der Waals surface area contributed by atoms with Gasteiger partial charge in [0.1, 0.15) is 5.82 Å². The molecule has 0 fully saturated rings. The van der Waals surface area contributed by atoms with Crippen LogP contribution in [0.2, 0.25) is 10.0 Å². The van der Waals surface area contributed by atoms with E-state index in [0.717, 1.165) is 15.7 Å². The molecule has 0 unspecified atom stereocenters. The van der Waals surface area contributed by atoms with Crippen molar-refractivity contribution in [2.24, 2.45) is 0 Å². The molecule has 0 spiro atoms. The summed E-state index contributed by atoms with van der Waals surface area (Å²) in [5, 5.41) is 3.73. The first-order chi connectivity index (χ1) is 9.95. The number of hydrogen-bond acceptors (Lipinski definition) is 2. The summed E-state index contributed by atoms with van der Waals surface area (Å²) >= 11 is 15.2. The summed E-state index contributed by atoms with van der Waals surface area (Å²) in [6, 6.07) is 8.64. The van der Waals surface area contributed by atoms with Crippen LogP contribution in [0.4, 0.5) is 5.82 Å². The van der Waals surface area contributed by atoms with E-state index in [1.807, 2.05) is 13.0 Å². The number of aromatic nitrogens is 1. The summed E-state index contributed by atoms with van der Waals surface area (Å²) in [4.78, 5) is 16.1. The maximum atomic E-state index is 11.8. The fourth-order valence-corrected chi connectivity index (χ4v) is 2.28. The number of anilines is 1. The monoisotopic (exact) mass is 384 g/mol. The number of carbonyl (C=O) groups is 1. The molecule has 2 aromatic rings. The predicted molar refractivity (Wildman–Crippen MR) is 90.8 cm³/mol. The highest BCUT2D eigenvalue weighted by Crippen LogP contribution is 2.22. The third kappa shape index (κ3) is 4.56. The van der Waals surface area contributed by atoms with Crippen molar-refractivity contribution >= 4 is 56.9 Å². The zero-order valence-electron chi connectivity index (χ0n) is 11.0. The fraction of sp³-hybridized carbons (Fsp3) is 0.0667. The van der Waals surface area contributed by atoms with Crippen molar-refractivity contribution in [1.82, 2.24) is 4.98 Å². The van der Waals surface area contributed by atoms with Gasteiger partial charge in [-0.05, 0) is 58.8 Å². The number of pyridine rings is 1. The van der Waals surface area contributed by atoms with Crippen molar-refractivity contribution in [3.8, 4) is 0 Å². The number of benzene rings is 1. The second-order valence-corrected chi connectivity index (χ2v) is 5.95. The van der Waals surface area contributed by atoms with Crippen LogP contribution in [-0.4, -0.2) is 10.9 Å². The Hall–Kier alpha value is -1.36. The van der Waals surface area contributed by atoms with Gasteiger partial charge in [0.05, 0.1) is 5.69 Å². The highest BCUT2D eigenvalue weighted by atomic mass is 79.9. The molecule has 1 aromatic heterocycles. The smallest absolute Gasteiger partial charge is 0.249 e. The third-order valence-corrected chi connectivity index (χ3v) is 4.05. The van der Waals surface area contributed by atoms with Gasteiger partial charge >= 0.3 is 0 Å². The van der Waals surface area contributed by atoms with E-state index >= 15 is 0 Å². The number of halogens is 3. The Balaban J connectivity index is 2.07. The van der Waals surface area contributed by atoms with Crippen molar-refractivity contribution in [1.29, 1.82) is 0 Å². The highest BCUT2D eigenvalue weighted by molar-refractivity contribution is 9.10. The van der Waals surface area contributed by atoms with Crippen LogP contribution < -0.4 is 5.32 Å². The first-order valence-electron chi connectivity index (χ1n) is 6.03. The van der Waals surface area contributed by atoms with Crippen LogP contribution >= 0.6 is 39.1 Å². The van der Waals surface area contributed by atoms with Gasteiger partial charge in [0.2, 0.25) is 5.91 Å². The molecule has 0 aliphatic carbocycles. The second kappa shape index (κ2) is 7.07. The standard InChI is InChI=1S/C15H11BrCl2N2O/c1-9-12(16)5-6-14(19-9)20-15(21)7-3-10-2-4-11(17)8-13(10)18/h2-8H,1H3,(H,19,20,21)/b7-3+. The average Bonchev–Trinajstić information content (AvgIpc) is 2.42. The number of amides is 1. The molecule has 2 rings (SSSR count). The van der Waals surface area contributed by atoms with E-state index in [0.29, 0.717) is 15.9 Å². The molecule has 6 heteroatoms. The molecule has 1 aromatic carbocycles. The Labute approximate surface area is 141 Å². The van der Waals surface area contributed by atoms with Crippen molar-refractivity contribution in [3.63, 3.8) is 0 Å². The number of carbonyl (C=O) groups excluding carboxylic acids is 1. The quantitative estimate of drug-likeness (QED) is 0.745. The predicted octanol–water partition coefficient (Wildman–Crippen LogP) is 5.11. The van der Waals surface area contributed by atoms with Crippen molar-refractivity contribution in [2.75, 3.05) is 5.32 Å². The Morgan fingerprint density at radius 2 is 2.05 bits per heavy atom. The molecule has 21 heavy (non-hydrogen) atoms. The molecule has 0 bridgehead atoms. The molecular formula is C15H11BrCl2N2O. The molecule has 0 radical (unpaired) electrons. The van der Waals surface area contributed by atoms with E-state index in [1.165, 1.54) is 6.08 Å². The van der Waals surface area contributed by atoms with Gasteiger partial charge in [-0.15, -0.1) is 0 Å². The molecule has 1 heterocycles. The molecular weight excluding hydrogens is 375 g/mol. The highest BCUT2D eigenvalue weighted by Gasteiger charge is 2.03. The van der Waals surface area contributed by atoms with Crippen LogP contribution in [0.5, 0.6) is 0 Å². The number of rotatable bonds is 3. The van der Waals surface area contributed by atoms with Gasteiger partial charge in [-0.2, -0.15) is 0 Å². The Morgan fingerprint density at radius 3 is 2.71 bits per heavy atom. The number of nitrogens with zero attached hydrogens (tertiary/aromatic N) is 1. The average molecular weight is 386 g/mol.